The van der Waals surface area contributed by atoms with E-state index in [1.54, 1.807) is 6.07 Å². The highest BCUT2D eigenvalue weighted by atomic mass is 15.1. The van der Waals surface area contributed by atoms with E-state index in [1.807, 2.05) is 6.07 Å². The Bertz CT molecular complexity index is 4760. The van der Waals surface area contributed by atoms with Gasteiger partial charge in [-0.25, -0.2) is 4.85 Å². The topological polar surface area (TPSA) is 47.9 Å². The minimum atomic E-state index is 0.396. The number of para-hydroxylation sites is 4. The van der Waals surface area contributed by atoms with Crippen LogP contribution in [0, 0.1) is 17.9 Å². The monoisotopic (exact) mass is 888 g/mol. The molecule has 6 heteroatoms. The van der Waals surface area contributed by atoms with Gasteiger partial charge in [0.25, 0.3) is 0 Å². The second kappa shape index (κ2) is 14.3. The Morgan fingerprint density at radius 1 is 0.343 bits per heavy atom. The maximum atomic E-state index is 11.3. The molecule has 0 aliphatic heterocycles. The molecule has 11 aromatic carbocycles. The number of nitriles is 1. The van der Waals surface area contributed by atoms with Crippen molar-refractivity contribution in [1.82, 2.24) is 18.3 Å². The molecule has 0 aliphatic rings. The zero-order chi connectivity index (χ0) is 46.2. The maximum Gasteiger partial charge on any atom is 0.190 e. The van der Waals surface area contributed by atoms with Crippen molar-refractivity contribution in [2.45, 2.75) is 0 Å². The summed E-state index contributed by atoms with van der Waals surface area (Å²) in [5.74, 6) is 0. The maximum absolute atomic E-state index is 11.3. The van der Waals surface area contributed by atoms with Gasteiger partial charge in [0.05, 0.1) is 67.6 Å². The first-order chi connectivity index (χ1) is 34.7. The van der Waals surface area contributed by atoms with Crippen LogP contribution in [0.25, 0.3) is 136 Å². The lowest BCUT2D eigenvalue weighted by Crippen LogP contribution is -2.06. The summed E-state index contributed by atoms with van der Waals surface area (Å²) in [7, 11) is 0. The third-order valence-corrected chi connectivity index (χ3v) is 14.7. The molecule has 0 spiro atoms. The van der Waals surface area contributed by atoms with Gasteiger partial charge in [-0.1, -0.05) is 133 Å². The largest absolute Gasteiger partial charge is 0.309 e. The molecule has 0 N–H and O–H groups in total. The van der Waals surface area contributed by atoms with Crippen LogP contribution in [0.15, 0.2) is 218 Å². The molecular formula is C64H36N6. The van der Waals surface area contributed by atoms with E-state index in [1.165, 1.54) is 21.5 Å². The number of benzene rings is 11. The summed E-state index contributed by atoms with van der Waals surface area (Å²) in [6, 6.07) is 80.2. The van der Waals surface area contributed by atoms with Crippen molar-refractivity contribution in [2.24, 2.45) is 0 Å². The number of rotatable bonds is 4. The van der Waals surface area contributed by atoms with Gasteiger partial charge in [0.2, 0.25) is 0 Å². The van der Waals surface area contributed by atoms with Crippen molar-refractivity contribution in [1.29, 1.82) is 5.26 Å². The number of aromatic nitrogens is 4. The van der Waals surface area contributed by atoms with Crippen molar-refractivity contribution in [3.05, 3.63) is 235 Å². The number of fused-ring (bicyclic) bond motifs is 16. The molecule has 0 unspecified atom stereocenters. The van der Waals surface area contributed by atoms with Gasteiger partial charge in [-0.3, -0.25) is 0 Å². The van der Waals surface area contributed by atoms with Gasteiger partial charge in [0.1, 0.15) is 6.07 Å². The van der Waals surface area contributed by atoms with E-state index in [9.17, 15) is 5.26 Å². The lowest BCUT2D eigenvalue weighted by Gasteiger charge is -2.19. The quantitative estimate of drug-likeness (QED) is 0.162. The molecule has 0 bridgehead atoms. The second-order valence-corrected chi connectivity index (χ2v) is 18.3. The van der Waals surface area contributed by atoms with E-state index in [2.05, 4.69) is 235 Å². The van der Waals surface area contributed by atoms with Crippen LogP contribution in [0.2, 0.25) is 0 Å². The van der Waals surface area contributed by atoms with Crippen molar-refractivity contribution < 1.29 is 0 Å². The third kappa shape index (κ3) is 5.14. The zero-order valence-corrected chi connectivity index (χ0v) is 37.5. The van der Waals surface area contributed by atoms with E-state index in [0.29, 0.717) is 16.9 Å². The Hall–Kier alpha value is -9.88. The Morgan fingerprint density at radius 3 is 1.19 bits per heavy atom. The Morgan fingerprint density at radius 2 is 0.729 bits per heavy atom. The van der Waals surface area contributed by atoms with Crippen molar-refractivity contribution in [3.8, 4) is 28.8 Å². The van der Waals surface area contributed by atoms with Crippen LogP contribution in [-0.4, -0.2) is 18.3 Å². The van der Waals surface area contributed by atoms with Crippen LogP contribution in [0.5, 0.6) is 0 Å². The zero-order valence-electron chi connectivity index (χ0n) is 37.5. The predicted octanol–water partition coefficient (Wildman–Crippen LogP) is 16.8. The normalized spacial score (nSPS) is 12.0. The fraction of sp³-hybridized carbons (Fsp3) is 0. The highest BCUT2D eigenvalue weighted by Crippen LogP contribution is 2.46. The second-order valence-electron chi connectivity index (χ2n) is 18.3. The molecule has 0 saturated heterocycles. The molecule has 4 heterocycles. The molecule has 0 radical (unpaired) electrons. The molecule has 4 aromatic heterocycles. The minimum Gasteiger partial charge on any atom is -0.309 e. The summed E-state index contributed by atoms with van der Waals surface area (Å²) in [6.07, 6.45) is 0. The van der Waals surface area contributed by atoms with Crippen LogP contribution < -0.4 is 0 Å². The van der Waals surface area contributed by atoms with E-state index in [4.69, 9.17) is 6.57 Å². The molecule has 70 heavy (non-hydrogen) atoms. The van der Waals surface area contributed by atoms with Crippen molar-refractivity contribution in [3.63, 3.8) is 0 Å². The van der Waals surface area contributed by atoms with E-state index in [-0.39, 0.29) is 0 Å². The van der Waals surface area contributed by atoms with E-state index in [0.717, 1.165) is 104 Å². The molecular weight excluding hydrogens is 853 g/mol. The van der Waals surface area contributed by atoms with E-state index >= 15 is 0 Å². The summed E-state index contributed by atoms with van der Waals surface area (Å²) in [5.41, 5.74) is 12.8. The standard InChI is InChI=1S/C64H36N6/c1-66-42-34-41(38-65)64(70-58-33-29-44(37-52(58)63-46-17-5-3-15-40(46)27-31-60(63)70)68-55-24-12-8-20-49(55)50-21-9-13-25-56(50)68)61(35-42)69-57-32-28-43(36-51(57)62-45-16-4-2-14-39(45)26-30-59(62)69)67-53-22-10-6-18-47(53)48-19-7-11-23-54(48)67/h2-37H. The smallest absolute Gasteiger partial charge is 0.190 e. The Labute approximate surface area is 400 Å². The number of nitrogens with zero attached hydrogens (tertiary/aromatic N) is 6. The summed E-state index contributed by atoms with van der Waals surface area (Å²) in [6.45, 7) is 8.41. The Balaban J connectivity index is 1.07. The fourth-order valence-electron chi connectivity index (χ4n) is 11.9. The summed E-state index contributed by atoms with van der Waals surface area (Å²) < 4.78 is 9.31. The van der Waals surface area contributed by atoms with Gasteiger partial charge in [-0.05, 0) is 106 Å². The molecule has 0 saturated carbocycles. The number of hydrogen-bond donors (Lipinski definition) is 0. The molecule has 0 aliphatic carbocycles. The molecule has 322 valence electrons. The highest BCUT2D eigenvalue weighted by Gasteiger charge is 2.26. The van der Waals surface area contributed by atoms with Gasteiger partial charge in [-0.15, -0.1) is 0 Å². The van der Waals surface area contributed by atoms with Crippen molar-refractivity contribution in [2.75, 3.05) is 0 Å². The third-order valence-electron chi connectivity index (χ3n) is 14.7. The van der Waals surface area contributed by atoms with Crippen LogP contribution in [0.3, 0.4) is 0 Å². The highest BCUT2D eigenvalue weighted by molar-refractivity contribution is 6.24. The van der Waals surface area contributed by atoms with Crippen LogP contribution in [0.1, 0.15) is 5.56 Å². The van der Waals surface area contributed by atoms with Gasteiger partial charge in [0, 0.05) is 54.5 Å². The first kappa shape index (κ1) is 38.2. The minimum absolute atomic E-state index is 0.396. The average molecular weight is 889 g/mol. The molecule has 0 fully saturated rings. The van der Waals surface area contributed by atoms with Crippen LogP contribution in [-0.2, 0) is 0 Å². The average Bonchev–Trinajstić information content (AvgIpc) is 4.15. The van der Waals surface area contributed by atoms with Gasteiger partial charge >= 0.3 is 0 Å². The lowest BCUT2D eigenvalue weighted by atomic mass is 10.0. The Kier molecular flexibility index (Phi) is 7.82. The van der Waals surface area contributed by atoms with Crippen LogP contribution in [0.4, 0.5) is 5.69 Å². The SMILES string of the molecule is [C-]#[N+]c1cc(C#N)c(-n2c3ccc(-n4c5ccccc5c5ccccc54)cc3c3c4ccccc4ccc32)c(-n2c3ccc(-n4c5ccccc5c5ccccc54)cc3c3c4ccccc4ccc32)c1. The van der Waals surface area contributed by atoms with Gasteiger partial charge < -0.3 is 18.3 Å². The van der Waals surface area contributed by atoms with Gasteiger partial charge in [0.15, 0.2) is 5.69 Å². The fourth-order valence-corrected chi connectivity index (χ4v) is 11.9. The van der Waals surface area contributed by atoms with Gasteiger partial charge in [-0.2, -0.15) is 5.26 Å². The summed E-state index contributed by atoms with van der Waals surface area (Å²) >= 11 is 0. The lowest BCUT2D eigenvalue weighted by molar-refractivity contribution is 1.09. The van der Waals surface area contributed by atoms with Crippen molar-refractivity contribution >= 4 is 114 Å². The van der Waals surface area contributed by atoms with E-state index < -0.39 is 0 Å². The molecule has 6 nitrogen and oxygen atoms in total. The number of hydrogen-bond acceptors (Lipinski definition) is 1. The summed E-state index contributed by atoms with van der Waals surface area (Å²) in [4.78, 5) is 4.01. The molecule has 15 aromatic rings. The molecule has 15 rings (SSSR count). The first-order valence-corrected chi connectivity index (χ1v) is 23.5. The summed E-state index contributed by atoms with van der Waals surface area (Å²) in [5, 5.41) is 25.0. The predicted molar refractivity (Wildman–Crippen MR) is 290 cm³/mol. The van der Waals surface area contributed by atoms with Crippen LogP contribution >= 0.6 is 0 Å². The molecule has 0 atom stereocenters. The molecule has 0 amide bonds. The first-order valence-electron chi connectivity index (χ1n) is 23.5.